The van der Waals surface area contributed by atoms with Crippen molar-refractivity contribution in [1.29, 1.82) is 0 Å². The lowest BCUT2D eigenvalue weighted by Gasteiger charge is -2.57. The number of rotatable bonds is 2. The number of hydrogen-bond acceptors (Lipinski definition) is 1. The van der Waals surface area contributed by atoms with Crippen molar-refractivity contribution in [2.75, 3.05) is 0 Å². The molecule has 5 aliphatic carbocycles. The quantitative estimate of drug-likeness (QED) is 0.710. The highest BCUT2D eigenvalue weighted by Crippen LogP contribution is 2.67. The van der Waals surface area contributed by atoms with Crippen molar-refractivity contribution in [3.63, 3.8) is 0 Å². The van der Waals surface area contributed by atoms with Crippen LogP contribution in [0.25, 0.3) is 0 Å². The Morgan fingerprint density at radius 3 is 1.84 bits per heavy atom. The monoisotopic (exact) mass is 389 g/mol. The normalized spacial score (nSPS) is 53.1. The molecule has 0 heterocycles. The lowest BCUT2D eigenvalue weighted by Crippen LogP contribution is -2.61. The molecule has 1 N–H and O–H groups in total. The van der Waals surface area contributed by atoms with Gasteiger partial charge in [-0.3, -0.25) is 4.79 Å². The van der Waals surface area contributed by atoms with E-state index in [-0.39, 0.29) is 20.1 Å². The standard InChI is InChI=1S/C15H21Br2NO/c1-13(8-15(13,16)17)12(19)18-14-5-9-2-10(6-14)4-11(3-9)7-14/h9-11H,2-8H2,1H3,(H,18,19)/t9?,10?,11?,13-,14?/m1/s1. The summed E-state index contributed by atoms with van der Waals surface area (Å²) < 4.78 is -0.167. The molecule has 0 radical (unpaired) electrons. The van der Waals surface area contributed by atoms with E-state index >= 15 is 0 Å². The van der Waals surface area contributed by atoms with Crippen molar-refractivity contribution in [3.8, 4) is 0 Å². The lowest BCUT2D eigenvalue weighted by atomic mass is 9.53. The van der Waals surface area contributed by atoms with Gasteiger partial charge in [0, 0.05) is 5.54 Å². The van der Waals surface area contributed by atoms with Crippen molar-refractivity contribution in [2.24, 2.45) is 23.2 Å². The second kappa shape index (κ2) is 3.79. The Balaban J connectivity index is 1.53. The van der Waals surface area contributed by atoms with E-state index in [0.717, 1.165) is 24.2 Å². The number of nitrogens with one attached hydrogen (secondary N) is 1. The van der Waals surface area contributed by atoms with Gasteiger partial charge in [0.05, 0.1) is 8.65 Å². The molecule has 1 amide bonds. The molecule has 0 saturated heterocycles. The highest BCUT2D eigenvalue weighted by atomic mass is 79.9. The number of carbonyl (C=O) groups excluding carboxylic acids is 1. The minimum Gasteiger partial charge on any atom is -0.350 e. The Morgan fingerprint density at radius 2 is 1.47 bits per heavy atom. The Kier molecular flexibility index (Phi) is 2.62. The van der Waals surface area contributed by atoms with Crippen LogP contribution < -0.4 is 5.32 Å². The first-order valence-corrected chi connectivity index (χ1v) is 9.11. The molecule has 5 saturated carbocycles. The largest absolute Gasteiger partial charge is 0.350 e. The van der Waals surface area contributed by atoms with Crippen LogP contribution in [0.15, 0.2) is 0 Å². The Labute approximate surface area is 131 Å². The van der Waals surface area contributed by atoms with Gasteiger partial charge in [0.2, 0.25) is 5.91 Å². The van der Waals surface area contributed by atoms with Gasteiger partial charge < -0.3 is 5.32 Å². The first-order chi connectivity index (χ1) is 8.82. The molecule has 5 fully saturated rings. The zero-order chi connectivity index (χ0) is 13.5. The zero-order valence-corrected chi connectivity index (χ0v) is 14.5. The van der Waals surface area contributed by atoms with Crippen LogP contribution in [0.2, 0.25) is 0 Å². The molecule has 0 spiro atoms. The van der Waals surface area contributed by atoms with E-state index < -0.39 is 0 Å². The summed E-state index contributed by atoms with van der Waals surface area (Å²) in [6.07, 6.45) is 8.86. The van der Waals surface area contributed by atoms with Gasteiger partial charge in [-0.1, -0.05) is 31.9 Å². The second-order valence-corrected chi connectivity index (χ2v) is 11.6. The molecule has 0 unspecified atom stereocenters. The molecule has 0 aliphatic heterocycles. The first kappa shape index (κ1) is 13.1. The summed E-state index contributed by atoms with van der Waals surface area (Å²) in [5.74, 6) is 2.91. The molecule has 2 nitrogen and oxygen atoms in total. The zero-order valence-electron chi connectivity index (χ0n) is 11.3. The SMILES string of the molecule is C[C@]1(C(=O)NC23CC4CC(CC(C4)C2)C3)CC1(Br)Br. The van der Waals surface area contributed by atoms with E-state index in [9.17, 15) is 4.79 Å². The average Bonchev–Trinajstić information content (AvgIpc) is 2.76. The molecule has 1 atom stereocenters. The summed E-state index contributed by atoms with van der Waals surface area (Å²) >= 11 is 7.23. The third-order valence-corrected chi connectivity index (χ3v) is 8.49. The maximum atomic E-state index is 12.7. The molecule has 5 aliphatic rings. The van der Waals surface area contributed by atoms with Crippen molar-refractivity contribution >= 4 is 37.8 Å². The molecule has 0 aromatic rings. The predicted molar refractivity (Wildman–Crippen MR) is 82.4 cm³/mol. The molecular weight excluding hydrogens is 370 g/mol. The summed E-state index contributed by atoms with van der Waals surface area (Å²) in [6, 6.07) is 0. The molecule has 4 heteroatoms. The fourth-order valence-corrected chi connectivity index (χ4v) is 6.77. The second-order valence-electron chi connectivity index (χ2n) is 7.87. The Bertz CT molecular complexity index is 412. The average molecular weight is 391 g/mol. The van der Waals surface area contributed by atoms with E-state index in [4.69, 9.17) is 0 Å². The third-order valence-electron chi connectivity index (χ3n) is 6.18. The third kappa shape index (κ3) is 1.88. The maximum Gasteiger partial charge on any atom is 0.228 e. The van der Waals surface area contributed by atoms with Gasteiger partial charge in [-0.15, -0.1) is 0 Å². The highest BCUT2D eigenvalue weighted by molar-refractivity contribution is 9.25. The van der Waals surface area contributed by atoms with E-state index in [2.05, 4.69) is 44.1 Å². The smallest absolute Gasteiger partial charge is 0.228 e. The summed E-state index contributed by atoms with van der Waals surface area (Å²) in [7, 11) is 0. The maximum absolute atomic E-state index is 12.7. The van der Waals surface area contributed by atoms with Crippen LogP contribution in [0, 0.1) is 23.2 Å². The van der Waals surface area contributed by atoms with Crippen LogP contribution in [0.4, 0.5) is 0 Å². The molecular formula is C15H21Br2NO. The fourth-order valence-electron chi connectivity index (χ4n) is 5.29. The van der Waals surface area contributed by atoms with E-state index in [1.165, 1.54) is 38.5 Å². The van der Waals surface area contributed by atoms with Crippen molar-refractivity contribution < 1.29 is 4.79 Å². The van der Waals surface area contributed by atoms with Crippen LogP contribution in [0.1, 0.15) is 51.9 Å². The van der Waals surface area contributed by atoms with Gasteiger partial charge in [0.1, 0.15) is 0 Å². The molecule has 5 rings (SSSR count). The summed E-state index contributed by atoms with van der Waals surface area (Å²) in [5, 5.41) is 3.48. The molecule has 19 heavy (non-hydrogen) atoms. The number of amides is 1. The van der Waals surface area contributed by atoms with E-state index in [1.54, 1.807) is 0 Å². The number of alkyl halides is 2. The van der Waals surface area contributed by atoms with Gasteiger partial charge in [0.15, 0.2) is 0 Å². The Morgan fingerprint density at radius 1 is 1.05 bits per heavy atom. The minimum atomic E-state index is -0.268. The van der Waals surface area contributed by atoms with Gasteiger partial charge in [0.25, 0.3) is 0 Å². The van der Waals surface area contributed by atoms with E-state index in [0.29, 0.717) is 0 Å². The molecule has 0 aromatic heterocycles. The number of hydrogen-bond donors (Lipinski definition) is 1. The van der Waals surface area contributed by atoms with Crippen LogP contribution in [0.3, 0.4) is 0 Å². The van der Waals surface area contributed by atoms with Gasteiger partial charge in [-0.25, -0.2) is 0 Å². The van der Waals surface area contributed by atoms with Crippen molar-refractivity contribution in [3.05, 3.63) is 0 Å². The molecule has 106 valence electrons. The van der Waals surface area contributed by atoms with E-state index in [1.807, 2.05) is 0 Å². The van der Waals surface area contributed by atoms with Crippen LogP contribution in [-0.2, 0) is 4.79 Å². The van der Waals surface area contributed by atoms with Gasteiger partial charge in [-0.05, 0) is 69.6 Å². The predicted octanol–water partition coefficient (Wildman–Crippen LogP) is 3.97. The molecule has 4 bridgehead atoms. The summed E-state index contributed by atoms with van der Waals surface area (Å²) in [5.41, 5.74) is -0.121. The van der Waals surface area contributed by atoms with Gasteiger partial charge in [-0.2, -0.15) is 0 Å². The van der Waals surface area contributed by atoms with Crippen molar-refractivity contribution in [2.45, 2.75) is 60.6 Å². The number of carbonyl (C=O) groups is 1. The minimum absolute atomic E-state index is 0.146. The summed E-state index contributed by atoms with van der Waals surface area (Å²) in [6.45, 7) is 2.06. The van der Waals surface area contributed by atoms with Crippen molar-refractivity contribution in [1.82, 2.24) is 5.32 Å². The fraction of sp³-hybridized carbons (Fsp3) is 0.933. The topological polar surface area (TPSA) is 29.1 Å². The molecule has 0 aromatic carbocycles. The Hall–Kier alpha value is 0.430. The summed E-state index contributed by atoms with van der Waals surface area (Å²) in [4.78, 5) is 12.7. The lowest BCUT2D eigenvalue weighted by molar-refractivity contribution is -0.131. The van der Waals surface area contributed by atoms with Crippen LogP contribution >= 0.6 is 31.9 Å². The van der Waals surface area contributed by atoms with Crippen LogP contribution in [0.5, 0.6) is 0 Å². The first-order valence-electron chi connectivity index (χ1n) is 7.52. The van der Waals surface area contributed by atoms with Crippen LogP contribution in [-0.4, -0.2) is 14.7 Å². The highest BCUT2D eigenvalue weighted by Gasteiger charge is 2.67. The van der Waals surface area contributed by atoms with Gasteiger partial charge >= 0.3 is 0 Å². The number of halogens is 2.